The fraction of sp³-hybridized carbons (Fsp3) is 0.750. The van der Waals surface area contributed by atoms with E-state index in [0.29, 0.717) is 18.8 Å². The molecule has 0 radical (unpaired) electrons. The second kappa shape index (κ2) is 6.01. The lowest BCUT2D eigenvalue weighted by molar-refractivity contribution is -0.125. The van der Waals surface area contributed by atoms with Crippen LogP contribution in [0.15, 0.2) is 4.79 Å². The number of aromatic nitrogens is 3. The molecule has 106 valence electrons. The number of carbonyl (C=O) groups is 1. The molecule has 1 aromatic heterocycles. The number of H-pyrrole nitrogens is 1. The number of nitrogens with one attached hydrogen (secondary N) is 2. The maximum absolute atomic E-state index is 12.0. The van der Waals surface area contributed by atoms with Crippen molar-refractivity contribution in [2.45, 2.75) is 32.2 Å². The van der Waals surface area contributed by atoms with E-state index in [-0.39, 0.29) is 17.6 Å². The van der Waals surface area contributed by atoms with Crippen LogP contribution in [0, 0.1) is 0 Å². The zero-order valence-electron chi connectivity index (χ0n) is 11.5. The molecule has 1 atom stereocenters. The van der Waals surface area contributed by atoms with Gasteiger partial charge in [-0.2, -0.15) is 5.10 Å². The van der Waals surface area contributed by atoms with Crippen molar-refractivity contribution < 1.29 is 4.79 Å². The highest BCUT2D eigenvalue weighted by Crippen LogP contribution is 2.11. The standard InChI is InChI=1S/C12H21N5O2/c1-9(17-7-3-4-8-17)11(18)13-6-5-10-14-15-12(19)16(10)2/h9H,3-8H2,1-2H3,(H,13,18)(H,15,19)/t9-/m0/s1. The monoisotopic (exact) mass is 267 g/mol. The number of rotatable bonds is 5. The van der Waals surface area contributed by atoms with Gasteiger partial charge >= 0.3 is 5.69 Å². The Kier molecular flexibility index (Phi) is 4.36. The summed E-state index contributed by atoms with van der Waals surface area (Å²) >= 11 is 0. The molecule has 0 spiro atoms. The number of carbonyl (C=O) groups excluding carboxylic acids is 1. The lowest BCUT2D eigenvalue weighted by Gasteiger charge is -2.22. The van der Waals surface area contributed by atoms with Gasteiger partial charge in [0.1, 0.15) is 5.82 Å². The minimum atomic E-state index is -0.230. The van der Waals surface area contributed by atoms with Crippen LogP contribution in [0.4, 0.5) is 0 Å². The van der Waals surface area contributed by atoms with E-state index in [2.05, 4.69) is 20.4 Å². The Morgan fingerprint density at radius 1 is 1.47 bits per heavy atom. The molecule has 1 aromatic rings. The van der Waals surface area contributed by atoms with Crippen molar-refractivity contribution in [1.29, 1.82) is 0 Å². The molecule has 0 aliphatic carbocycles. The van der Waals surface area contributed by atoms with Crippen LogP contribution in [0.3, 0.4) is 0 Å². The zero-order chi connectivity index (χ0) is 13.8. The van der Waals surface area contributed by atoms with Gasteiger partial charge in [-0.05, 0) is 32.9 Å². The topological polar surface area (TPSA) is 83.0 Å². The summed E-state index contributed by atoms with van der Waals surface area (Å²) in [5.41, 5.74) is -0.230. The Labute approximate surface area is 112 Å². The lowest BCUT2D eigenvalue weighted by atomic mass is 10.2. The SMILES string of the molecule is C[C@@H](C(=O)NCCc1n[nH]c(=O)n1C)N1CCCC1. The van der Waals surface area contributed by atoms with Crippen LogP contribution in [0.1, 0.15) is 25.6 Å². The zero-order valence-corrected chi connectivity index (χ0v) is 11.5. The number of hydrogen-bond acceptors (Lipinski definition) is 4. The van der Waals surface area contributed by atoms with Gasteiger partial charge in [0.15, 0.2) is 0 Å². The van der Waals surface area contributed by atoms with Crippen molar-refractivity contribution in [3.8, 4) is 0 Å². The summed E-state index contributed by atoms with van der Waals surface area (Å²) in [4.78, 5) is 25.3. The van der Waals surface area contributed by atoms with Crippen LogP contribution in [-0.2, 0) is 18.3 Å². The van der Waals surface area contributed by atoms with Gasteiger partial charge in [-0.25, -0.2) is 9.89 Å². The Bertz CT molecular complexity index is 487. The van der Waals surface area contributed by atoms with Crippen molar-refractivity contribution in [2.24, 2.45) is 7.05 Å². The van der Waals surface area contributed by atoms with Crippen molar-refractivity contribution in [3.63, 3.8) is 0 Å². The Morgan fingerprint density at radius 3 is 2.74 bits per heavy atom. The van der Waals surface area contributed by atoms with Gasteiger partial charge < -0.3 is 5.32 Å². The number of amides is 1. The Morgan fingerprint density at radius 2 is 2.16 bits per heavy atom. The molecule has 19 heavy (non-hydrogen) atoms. The van der Waals surface area contributed by atoms with E-state index in [1.54, 1.807) is 7.05 Å². The van der Waals surface area contributed by atoms with E-state index in [1.807, 2.05) is 6.92 Å². The lowest BCUT2D eigenvalue weighted by Crippen LogP contribution is -2.44. The second-order valence-electron chi connectivity index (χ2n) is 4.96. The summed E-state index contributed by atoms with van der Waals surface area (Å²) in [5, 5.41) is 9.17. The van der Waals surface area contributed by atoms with Crippen LogP contribution in [0.5, 0.6) is 0 Å². The first kappa shape index (κ1) is 13.8. The second-order valence-corrected chi connectivity index (χ2v) is 4.96. The quantitative estimate of drug-likeness (QED) is 0.735. The van der Waals surface area contributed by atoms with Crippen LogP contribution >= 0.6 is 0 Å². The molecule has 2 N–H and O–H groups in total. The third-order valence-electron chi connectivity index (χ3n) is 3.69. The summed E-state index contributed by atoms with van der Waals surface area (Å²) < 4.78 is 1.45. The number of likely N-dealkylation sites (tertiary alicyclic amines) is 1. The van der Waals surface area contributed by atoms with E-state index < -0.39 is 0 Å². The first-order chi connectivity index (χ1) is 9.09. The molecule has 7 heteroatoms. The molecular formula is C12H21N5O2. The van der Waals surface area contributed by atoms with Gasteiger partial charge in [0.05, 0.1) is 6.04 Å². The van der Waals surface area contributed by atoms with Crippen molar-refractivity contribution >= 4 is 5.91 Å². The molecule has 1 saturated heterocycles. The minimum Gasteiger partial charge on any atom is -0.354 e. The summed E-state index contributed by atoms with van der Waals surface area (Å²) in [7, 11) is 1.66. The number of nitrogens with zero attached hydrogens (tertiary/aromatic N) is 3. The summed E-state index contributed by atoms with van der Waals surface area (Å²) in [6, 6.07) is -0.0782. The molecule has 0 bridgehead atoms. The average molecular weight is 267 g/mol. The summed E-state index contributed by atoms with van der Waals surface area (Å²) in [5.74, 6) is 0.696. The molecule has 1 amide bonds. The minimum absolute atomic E-state index is 0.0439. The molecule has 7 nitrogen and oxygen atoms in total. The summed E-state index contributed by atoms with van der Waals surface area (Å²) in [6.45, 7) is 4.44. The van der Waals surface area contributed by atoms with Crippen LogP contribution in [0.2, 0.25) is 0 Å². The molecular weight excluding hydrogens is 246 g/mol. The summed E-state index contributed by atoms with van der Waals surface area (Å²) in [6.07, 6.45) is 2.90. The fourth-order valence-corrected chi connectivity index (χ4v) is 2.34. The molecule has 2 rings (SSSR count). The van der Waals surface area contributed by atoms with Crippen LogP contribution in [-0.4, -0.2) is 51.2 Å². The van der Waals surface area contributed by atoms with Crippen LogP contribution < -0.4 is 11.0 Å². The fourth-order valence-electron chi connectivity index (χ4n) is 2.34. The highest BCUT2D eigenvalue weighted by atomic mass is 16.2. The molecule has 0 saturated carbocycles. The van der Waals surface area contributed by atoms with Gasteiger partial charge in [-0.15, -0.1) is 0 Å². The molecule has 0 unspecified atom stereocenters. The first-order valence-electron chi connectivity index (χ1n) is 6.71. The first-order valence-corrected chi connectivity index (χ1v) is 6.71. The highest BCUT2D eigenvalue weighted by Gasteiger charge is 2.23. The molecule has 2 heterocycles. The number of hydrogen-bond donors (Lipinski definition) is 2. The third-order valence-corrected chi connectivity index (χ3v) is 3.69. The van der Waals surface area contributed by atoms with Gasteiger partial charge in [-0.1, -0.05) is 0 Å². The van der Waals surface area contributed by atoms with Gasteiger partial charge in [0.2, 0.25) is 5.91 Å². The predicted molar refractivity (Wildman–Crippen MR) is 70.8 cm³/mol. The molecule has 0 aromatic carbocycles. The van der Waals surface area contributed by atoms with E-state index in [0.717, 1.165) is 13.1 Å². The van der Waals surface area contributed by atoms with E-state index in [1.165, 1.54) is 17.4 Å². The largest absolute Gasteiger partial charge is 0.354 e. The van der Waals surface area contributed by atoms with Crippen LogP contribution in [0.25, 0.3) is 0 Å². The average Bonchev–Trinajstić information content (AvgIpc) is 3.03. The van der Waals surface area contributed by atoms with Gasteiger partial charge in [0.25, 0.3) is 0 Å². The third kappa shape index (κ3) is 3.23. The van der Waals surface area contributed by atoms with Crippen molar-refractivity contribution in [3.05, 3.63) is 16.3 Å². The van der Waals surface area contributed by atoms with E-state index >= 15 is 0 Å². The smallest absolute Gasteiger partial charge is 0.343 e. The molecule has 1 fully saturated rings. The van der Waals surface area contributed by atoms with Gasteiger partial charge in [0, 0.05) is 20.0 Å². The highest BCUT2D eigenvalue weighted by molar-refractivity contribution is 5.81. The van der Waals surface area contributed by atoms with E-state index in [4.69, 9.17) is 0 Å². The maximum atomic E-state index is 12.0. The Balaban J connectivity index is 1.77. The van der Waals surface area contributed by atoms with E-state index in [9.17, 15) is 9.59 Å². The molecule has 1 aliphatic heterocycles. The number of aromatic amines is 1. The van der Waals surface area contributed by atoms with Crippen molar-refractivity contribution in [1.82, 2.24) is 25.0 Å². The Hall–Kier alpha value is -1.63. The van der Waals surface area contributed by atoms with Gasteiger partial charge in [-0.3, -0.25) is 14.3 Å². The maximum Gasteiger partial charge on any atom is 0.343 e. The predicted octanol–water partition coefficient (Wildman–Crippen LogP) is -0.749. The normalized spacial score (nSPS) is 17.6. The van der Waals surface area contributed by atoms with Crippen molar-refractivity contribution in [2.75, 3.05) is 19.6 Å². The molecule has 1 aliphatic rings.